The highest BCUT2D eigenvalue weighted by molar-refractivity contribution is 5.75. The van der Waals surface area contributed by atoms with Crippen molar-refractivity contribution in [2.24, 2.45) is 0 Å². The number of rotatable bonds is 1. The van der Waals surface area contributed by atoms with E-state index >= 15 is 0 Å². The van der Waals surface area contributed by atoms with Crippen molar-refractivity contribution in [1.82, 2.24) is 0 Å². The predicted molar refractivity (Wildman–Crippen MR) is 40.0 cm³/mol. The van der Waals surface area contributed by atoms with Gasteiger partial charge in [0.1, 0.15) is 0 Å². The third-order valence-corrected chi connectivity index (χ3v) is 1.76. The van der Waals surface area contributed by atoms with Crippen LogP contribution in [0.25, 0.3) is 0 Å². The van der Waals surface area contributed by atoms with Crippen LogP contribution in [0.1, 0.15) is 32.1 Å². The highest BCUT2D eigenvalue weighted by Crippen LogP contribution is 2.14. The molecule has 0 saturated carbocycles. The summed E-state index contributed by atoms with van der Waals surface area (Å²) >= 11 is 0. The molecule has 1 N–H and O–H groups in total. The SMILES string of the molecule is N=CC1=CCCCCC1. The van der Waals surface area contributed by atoms with E-state index < -0.39 is 0 Å². The van der Waals surface area contributed by atoms with Crippen LogP contribution in [-0.4, -0.2) is 6.21 Å². The van der Waals surface area contributed by atoms with Crippen LogP contribution in [0.5, 0.6) is 0 Å². The molecule has 9 heavy (non-hydrogen) atoms. The molecule has 1 aliphatic rings. The van der Waals surface area contributed by atoms with Crippen molar-refractivity contribution in [1.29, 1.82) is 5.41 Å². The number of nitrogens with one attached hydrogen (secondary N) is 1. The van der Waals surface area contributed by atoms with E-state index in [4.69, 9.17) is 5.41 Å². The second-order valence-electron chi connectivity index (χ2n) is 2.52. The summed E-state index contributed by atoms with van der Waals surface area (Å²) in [6.45, 7) is 0. The molecule has 0 fully saturated rings. The maximum absolute atomic E-state index is 7.00. The Kier molecular flexibility index (Phi) is 2.49. The lowest BCUT2D eigenvalue weighted by Crippen LogP contribution is -1.80. The zero-order valence-electron chi connectivity index (χ0n) is 5.69. The van der Waals surface area contributed by atoms with Crippen LogP contribution in [0.4, 0.5) is 0 Å². The minimum atomic E-state index is 1.13. The molecule has 0 aromatic rings. The molecule has 0 atom stereocenters. The molecule has 0 bridgehead atoms. The Balaban J connectivity index is 2.46. The average molecular weight is 123 g/mol. The van der Waals surface area contributed by atoms with Crippen molar-refractivity contribution in [2.45, 2.75) is 32.1 Å². The summed E-state index contributed by atoms with van der Waals surface area (Å²) in [7, 11) is 0. The van der Waals surface area contributed by atoms with Crippen LogP contribution >= 0.6 is 0 Å². The lowest BCUT2D eigenvalue weighted by molar-refractivity contribution is 0.715. The topological polar surface area (TPSA) is 23.9 Å². The molecule has 0 aromatic heterocycles. The van der Waals surface area contributed by atoms with Gasteiger partial charge in [-0.15, -0.1) is 0 Å². The Morgan fingerprint density at radius 3 is 3.00 bits per heavy atom. The van der Waals surface area contributed by atoms with Crippen LogP contribution in [0.3, 0.4) is 0 Å². The molecule has 0 spiro atoms. The number of hydrogen-bond donors (Lipinski definition) is 1. The molecule has 1 aliphatic carbocycles. The van der Waals surface area contributed by atoms with Gasteiger partial charge in [-0.25, -0.2) is 0 Å². The highest BCUT2D eigenvalue weighted by Gasteiger charge is 1.97. The van der Waals surface area contributed by atoms with Gasteiger partial charge < -0.3 is 5.41 Å². The first-order valence-corrected chi connectivity index (χ1v) is 3.63. The van der Waals surface area contributed by atoms with Gasteiger partial charge >= 0.3 is 0 Å². The van der Waals surface area contributed by atoms with Crippen LogP contribution in [0, 0.1) is 5.41 Å². The molecule has 50 valence electrons. The zero-order valence-corrected chi connectivity index (χ0v) is 5.69. The standard InChI is InChI=1S/C8H13N/c9-7-8-5-3-1-2-4-6-8/h5,7,9H,1-4,6H2. The van der Waals surface area contributed by atoms with Crippen LogP contribution < -0.4 is 0 Å². The van der Waals surface area contributed by atoms with Crippen LogP contribution in [0.2, 0.25) is 0 Å². The van der Waals surface area contributed by atoms with Gasteiger partial charge in [0, 0.05) is 6.21 Å². The first-order chi connectivity index (χ1) is 4.43. The Bertz CT molecular complexity index is 125. The molecule has 1 rings (SSSR count). The smallest absolute Gasteiger partial charge is 0.0206 e. The van der Waals surface area contributed by atoms with Gasteiger partial charge in [0.05, 0.1) is 0 Å². The molecular weight excluding hydrogens is 110 g/mol. The minimum Gasteiger partial charge on any atom is -0.308 e. The Labute approximate surface area is 56.3 Å². The molecular formula is C8H13N. The lowest BCUT2D eigenvalue weighted by atomic mass is 10.1. The van der Waals surface area contributed by atoms with Gasteiger partial charge in [-0.2, -0.15) is 0 Å². The molecule has 0 aromatic carbocycles. The summed E-state index contributed by atoms with van der Waals surface area (Å²) in [5.41, 5.74) is 1.23. The van der Waals surface area contributed by atoms with E-state index in [9.17, 15) is 0 Å². The molecule has 0 heterocycles. The molecule has 0 amide bonds. The first-order valence-electron chi connectivity index (χ1n) is 3.63. The van der Waals surface area contributed by atoms with Crippen molar-refractivity contribution < 1.29 is 0 Å². The number of allylic oxidation sites excluding steroid dienone is 2. The third kappa shape index (κ3) is 2.00. The first kappa shape index (κ1) is 6.53. The molecule has 1 nitrogen and oxygen atoms in total. The van der Waals surface area contributed by atoms with Crippen molar-refractivity contribution in [3.8, 4) is 0 Å². The van der Waals surface area contributed by atoms with Crippen molar-refractivity contribution in [3.05, 3.63) is 11.6 Å². The lowest BCUT2D eigenvalue weighted by Gasteiger charge is -1.92. The molecule has 0 unspecified atom stereocenters. The molecule has 0 radical (unpaired) electrons. The predicted octanol–water partition coefficient (Wildman–Crippen LogP) is 2.53. The monoisotopic (exact) mass is 123 g/mol. The largest absolute Gasteiger partial charge is 0.308 e. The Morgan fingerprint density at radius 1 is 1.33 bits per heavy atom. The van der Waals surface area contributed by atoms with E-state index in [1.165, 1.54) is 37.5 Å². The molecule has 0 saturated heterocycles. The van der Waals surface area contributed by atoms with Crippen molar-refractivity contribution in [3.63, 3.8) is 0 Å². The Morgan fingerprint density at radius 2 is 2.22 bits per heavy atom. The fourth-order valence-corrected chi connectivity index (χ4v) is 1.17. The summed E-state index contributed by atoms with van der Waals surface area (Å²) in [5, 5.41) is 7.00. The van der Waals surface area contributed by atoms with Crippen molar-refractivity contribution >= 4 is 6.21 Å². The second kappa shape index (κ2) is 3.44. The molecule has 0 aliphatic heterocycles. The summed E-state index contributed by atoms with van der Waals surface area (Å²) < 4.78 is 0. The number of hydrogen-bond acceptors (Lipinski definition) is 1. The van der Waals surface area contributed by atoms with Gasteiger partial charge in [0.25, 0.3) is 0 Å². The minimum absolute atomic E-state index is 1.13. The summed E-state index contributed by atoms with van der Waals surface area (Å²) in [4.78, 5) is 0. The van der Waals surface area contributed by atoms with Gasteiger partial charge in [-0.1, -0.05) is 12.5 Å². The average Bonchev–Trinajstić information content (AvgIpc) is 2.13. The van der Waals surface area contributed by atoms with E-state index in [-0.39, 0.29) is 0 Å². The van der Waals surface area contributed by atoms with E-state index in [0.29, 0.717) is 0 Å². The van der Waals surface area contributed by atoms with E-state index in [1.54, 1.807) is 0 Å². The van der Waals surface area contributed by atoms with Gasteiger partial charge in [-0.3, -0.25) is 0 Å². The fourth-order valence-electron chi connectivity index (χ4n) is 1.17. The third-order valence-electron chi connectivity index (χ3n) is 1.76. The quantitative estimate of drug-likeness (QED) is 0.518. The van der Waals surface area contributed by atoms with Crippen molar-refractivity contribution in [2.75, 3.05) is 0 Å². The molecule has 1 heteroatoms. The van der Waals surface area contributed by atoms with Crippen LogP contribution in [0.15, 0.2) is 11.6 Å². The van der Waals surface area contributed by atoms with E-state index in [0.717, 1.165) is 6.42 Å². The van der Waals surface area contributed by atoms with Gasteiger partial charge in [-0.05, 0) is 31.3 Å². The highest BCUT2D eigenvalue weighted by atomic mass is 14.3. The fraction of sp³-hybridized carbons (Fsp3) is 0.625. The van der Waals surface area contributed by atoms with Gasteiger partial charge in [0.2, 0.25) is 0 Å². The normalized spacial score (nSPS) is 20.2. The second-order valence-corrected chi connectivity index (χ2v) is 2.52. The summed E-state index contributed by atoms with van der Waals surface area (Å²) in [6, 6.07) is 0. The maximum Gasteiger partial charge on any atom is 0.0206 e. The van der Waals surface area contributed by atoms with E-state index in [2.05, 4.69) is 6.08 Å². The van der Waals surface area contributed by atoms with Crippen LogP contribution in [-0.2, 0) is 0 Å². The summed E-state index contributed by atoms with van der Waals surface area (Å²) in [5.74, 6) is 0. The van der Waals surface area contributed by atoms with E-state index in [1.807, 2.05) is 0 Å². The zero-order chi connectivity index (χ0) is 6.53. The van der Waals surface area contributed by atoms with Gasteiger partial charge in [0.15, 0.2) is 0 Å². The summed E-state index contributed by atoms with van der Waals surface area (Å²) in [6.07, 6.45) is 9.94. The Hall–Kier alpha value is -0.590. The maximum atomic E-state index is 7.00.